The normalized spacial score (nSPS) is 11.5. The molecule has 3 rings (SSSR count). The van der Waals surface area contributed by atoms with E-state index in [0.29, 0.717) is 36.4 Å². The average molecular weight is 380 g/mol. The van der Waals surface area contributed by atoms with E-state index in [1.54, 1.807) is 41.1 Å². The zero-order valence-electron chi connectivity index (χ0n) is 16.0. The van der Waals surface area contributed by atoms with Crippen molar-refractivity contribution in [3.8, 4) is 5.75 Å². The molecule has 3 aromatic rings. The number of hydrogen-bond acceptors (Lipinski definition) is 6. The predicted molar refractivity (Wildman–Crippen MR) is 111 cm³/mol. The van der Waals surface area contributed by atoms with E-state index in [0.717, 1.165) is 5.56 Å². The first-order valence-corrected chi connectivity index (χ1v) is 9.24. The molecule has 146 valence electrons. The summed E-state index contributed by atoms with van der Waals surface area (Å²) >= 11 is 0. The SMILES string of the molecule is CC(C)OCCCn1c(N/N=C\c2cccc(O)c2)nc2ccccc2c1=O. The highest BCUT2D eigenvalue weighted by atomic mass is 16.5. The van der Waals surface area contributed by atoms with Crippen LogP contribution in [0.2, 0.25) is 0 Å². The fourth-order valence-electron chi connectivity index (χ4n) is 2.77. The van der Waals surface area contributed by atoms with Gasteiger partial charge in [-0.2, -0.15) is 5.10 Å². The number of rotatable bonds is 8. The number of para-hydroxylation sites is 1. The van der Waals surface area contributed by atoms with E-state index in [1.807, 2.05) is 32.0 Å². The minimum absolute atomic E-state index is 0.120. The second kappa shape index (κ2) is 9.14. The molecular weight excluding hydrogens is 356 g/mol. The van der Waals surface area contributed by atoms with Gasteiger partial charge in [0, 0.05) is 13.2 Å². The van der Waals surface area contributed by atoms with E-state index in [4.69, 9.17) is 4.74 Å². The summed E-state index contributed by atoms with van der Waals surface area (Å²) in [6.07, 6.45) is 2.40. The molecule has 0 aliphatic heterocycles. The Bertz CT molecular complexity index is 1030. The van der Waals surface area contributed by atoms with Crippen molar-refractivity contribution < 1.29 is 9.84 Å². The number of nitrogens with zero attached hydrogens (tertiary/aromatic N) is 3. The molecule has 28 heavy (non-hydrogen) atoms. The molecule has 0 fully saturated rings. The number of hydrogen-bond donors (Lipinski definition) is 2. The zero-order chi connectivity index (χ0) is 19.9. The zero-order valence-corrected chi connectivity index (χ0v) is 16.0. The predicted octanol–water partition coefficient (Wildman–Crippen LogP) is 3.36. The quantitative estimate of drug-likeness (QED) is 0.355. The maximum absolute atomic E-state index is 12.9. The minimum Gasteiger partial charge on any atom is -0.508 e. The third kappa shape index (κ3) is 4.95. The third-order valence-corrected chi connectivity index (χ3v) is 4.09. The summed E-state index contributed by atoms with van der Waals surface area (Å²) in [6.45, 7) is 4.98. The van der Waals surface area contributed by atoms with E-state index in [2.05, 4.69) is 15.5 Å². The molecule has 0 amide bonds. The molecule has 7 nitrogen and oxygen atoms in total. The summed E-state index contributed by atoms with van der Waals surface area (Å²) in [6, 6.07) is 14.0. The molecule has 0 unspecified atom stereocenters. The molecule has 0 aliphatic carbocycles. The topological polar surface area (TPSA) is 88.7 Å². The van der Waals surface area contributed by atoms with Gasteiger partial charge in [0.05, 0.1) is 23.2 Å². The fourth-order valence-corrected chi connectivity index (χ4v) is 2.77. The van der Waals surface area contributed by atoms with Crippen LogP contribution in [0, 0.1) is 0 Å². The Morgan fingerprint density at radius 2 is 2.07 bits per heavy atom. The molecule has 0 spiro atoms. The molecule has 0 saturated carbocycles. The van der Waals surface area contributed by atoms with Crippen LogP contribution in [0.25, 0.3) is 10.9 Å². The highest BCUT2D eigenvalue weighted by Crippen LogP contribution is 2.12. The van der Waals surface area contributed by atoms with Crippen LogP contribution in [-0.2, 0) is 11.3 Å². The van der Waals surface area contributed by atoms with E-state index < -0.39 is 0 Å². The van der Waals surface area contributed by atoms with Crippen LogP contribution in [0.4, 0.5) is 5.95 Å². The Labute approximate surface area is 163 Å². The first-order chi connectivity index (χ1) is 13.5. The minimum atomic E-state index is -0.120. The van der Waals surface area contributed by atoms with Crippen molar-refractivity contribution in [1.82, 2.24) is 9.55 Å². The number of aromatic hydroxyl groups is 1. The third-order valence-electron chi connectivity index (χ3n) is 4.09. The molecule has 0 radical (unpaired) electrons. The average Bonchev–Trinajstić information content (AvgIpc) is 2.67. The molecule has 1 heterocycles. The number of phenols is 1. The fraction of sp³-hybridized carbons (Fsp3) is 0.286. The van der Waals surface area contributed by atoms with Crippen molar-refractivity contribution in [2.75, 3.05) is 12.0 Å². The van der Waals surface area contributed by atoms with Crippen molar-refractivity contribution in [3.05, 3.63) is 64.4 Å². The summed E-state index contributed by atoms with van der Waals surface area (Å²) in [7, 11) is 0. The van der Waals surface area contributed by atoms with Gasteiger partial charge in [-0.15, -0.1) is 0 Å². The Morgan fingerprint density at radius 3 is 2.86 bits per heavy atom. The van der Waals surface area contributed by atoms with Crippen molar-refractivity contribution in [2.24, 2.45) is 5.10 Å². The van der Waals surface area contributed by atoms with Crippen LogP contribution in [0.15, 0.2) is 58.4 Å². The van der Waals surface area contributed by atoms with E-state index in [-0.39, 0.29) is 17.4 Å². The number of hydrazone groups is 1. The van der Waals surface area contributed by atoms with Crippen LogP contribution in [0.1, 0.15) is 25.8 Å². The monoisotopic (exact) mass is 380 g/mol. The van der Waals surface area contributed by atoms with Crippen molar-refractivity contribution >= 4 is 23.1 Å². The first-order valence-electron chi connectivity index (χ1n) is 9.24. The van der Waals surface area contributed by atoms with E-state index in [1.165, 1.54) is 0 Å². The highest BCUT2D eigenvalue weighted by molar-refractivity contribution is 5.81. The first kappa shape index (κ1) is 19.6. The van der Waals surface area contributed by atoms with E-state index in [9.17, 15) is 9.90 Å². The maximum atomic E-state index is 12.9. The lowest BCUT2D eigenvalue weighted by Crippen LogP contribution is -2.25. The van der Waals surface area contributed by atoms with Gasteiger partial charge in [0.25, 0.3) is 5.56 Å². The van der Waals surface area contributed by atoms with Gasteiger partial charge in [0.1, 0.15) is 5.75 Å². The van der Waals surface area contributed by atoms with E-state index >= 15 is 0 Å². The molecule has 0 atom stereocenters. The van der Waals surface area contributed by atoms with Gasteiger partial charge in [-0.25, -0.2) is 10.4 Å². The second-order valence-corrected chi connectivity index (χ2v) is 6.65. The van der Waals surface area contributed by atoms with Crippen molar-refractivity contribution in [2.45, 2.75) is 32.9 Å². The number of ether oxygens (including phenoxy) is 1. The Kier molecular flexibility index (Phi) is 6.39. The molecule has 7 heteroatoms. The largest absolute Gasteiger partial charge is 0.508 e. The molecule has 0 saturated heterocycles. The van der Waals surface area contributed by atoms with Gasteiger partial charge in [0.15, 0.2) is 0 Å². The van der Waals surface area contributed by atoms with Gasteiger partial charge in [0.2, 0.25) is 5.95 Å². The van der Waals surface area contributed by atoms with Gasteiger partial charge in [-0.05, 0) is 50.1 Å². The smallest absolute Gasteiger partial charge is 0.262 e. The number of nitrogens with one attached hydrogen (secondary N) is 1. The standard InChI is InChI=1S/C21H24N4O3/c1-15(2)28-12-6-11-25-20(27)18-9-3-4-10-19(18)23-21(25)24-22-14-16-7-5-8-17(26)13-16/h3-5,7-10,13-15,26H,6,11-12H2,1-2H3,(H,23,24)/b22-14-. The Morgan fingerprint density at radius 1 is 1.25 bits per heavy atom. The lowest BCUT2D eigenvalue weighted by Gasteiger charge is -2.13. The molecule has 0 aliphatic rings. The van der Waals surface area contributed by atoms with Crippen molar-refractivity contribution in [1.29, 1.82) is 0 Å². The number of aromatic nitrogens is 2. The Hall–Kier alpha value is -3.19. The van der Waals surface area contributed by atoms with Gasteiger partial charge in [-0.3, -0.25) is 9.36 Å². The number of anilines is 1. The highest BCUT2D eigenvalue weighted by Gasteiger charge is 2.10. The maximum Gasteiger partial charge on any atom is 0.262 e. The van der Waals surface area contributed by atoms with Crippen LogP contribution < -0.4 is 11.0 Å². The summed E-state index contributed by atoms with van der Waals surface area (Å²) in [4.78, 5) is 17.5. The van der Waals surface area contributed by atoms with Gasteiger partial charge >= 0.3 is 0 Å². The van der Waals surface area contributed by atoms with Crippen LogP contribution in [-0.4, -0.2) is 33.6 Å². The van der Waals surface area contributed by atoms with Crippen LogP contribution in [0.3, 0.4) is 0 Å². The molecular formula is C21H24N4O3. The summed E-state index contributed by atoms with van der Waals surface area (Å²) in [5.41, 5.74) is 4.08. The van der Waals surface area contributed by atoms with Crippen molar-refractivity contribution in [3.63, 3.8) is 0 Å². The Balaban J connectivity index is 1.85. The number of fused-ring (bicyclic) bond motifs is 1. The second-order valence-electron chi connectivity index (χ2n) is 6.65. The lowest BCUT2D eigenvalue weighted by atomic mass is 10.2. The number of benzene rings is 2. The summed E-state index contributed by atoms with van der Waals surface area (Å²) in [5.74, 6) is 0.527. The lowest BCUT2D eigenvalue weighted by molar-refractivity contribution is 0.0748. The summed E-state index contributed by atoms with van der Waals surface area (Å²) < 4.78 is 7.15. The van der Waals surface area contributed by atoms with Gasteiger partial charge < -0.3 is 9.84 Å². The van der Waals surface area contributed by atoms with Crippen LogP contribution >= 0.6 is 0 Å². The van der Waals surface area contributed by atoms with Gasteiger partial charge in [-0.1, -0.05) is 24.3 Å². The van der Waals surface area contributed by atoms with Crippen LogP contribution in [0.5, 0.6) is 5.75 Å². The number of phenolic OH excluding ortho intramolecular Hbond substituents is 1. The summed E-state index contributed by atoms with van der Waals surface area (Å²) in [5, 5.41) is 14.3. The molecule has 0 bridgehead atoms. The molecule has 2 N–H and O–H groups in total. The molecule has 1 aromatic heterocycles. The molecule has 2 aromatic carbocycles.